The molecular formula is C12H15Cl2NO. The van der Waals surface area contributed by atoms with E-state index in [4.69, 9.17) is 27.9 Å². The summed E-state index contributed by atoms with van der Waals surface area (Å²) >= 11 is 12.0. The quantitative estimate of drug-likeness (QED) is 0.898. The van der Waals surface area contributed by atoms with Gasteiger partial charge in [-0.05, 0) is 11.6 Å². The van der Waals surface area contributed by atoms with Crippen LogP contribution < -0.4 is 5.32 Å². The minimum absolute atomic E-state index is 0.283. The molecule has 1 N–H and O–H groups in total. The Morgan fingerprint density at radius 1 is 1.38 bits per heavy atom. The lowest BCUT2D eigenvalue weighted by Gasteiger charge is -2.38. The highest BCUT2D eigenvalue weighted by molar-refractivity contribution is 6.42. The molecule has 4 heteroatoms. The van der Waals surface area contributed by atoms with E-state index >= 15 is 0 Å². The Labute approximate surface area is 106 Å². The molecule has 1 fully saturated rings. The molecule has 1 heterocycles. The predicted octanol–water partition coefficient (Wildman–Crippen LogP) is 3.12. The lowest BCUT2D eigenvalue weighted by atomic mass is 9.89. The minimum atomic E-state index is 0.283. The summed E-state index contributed by atoms with van der Waals surface area (Å²) in [5, 5.41) is 4.64. The molecule has 0 unspecified atom stereocenters. The fourth-order valence-electron chi connectivity index (χ4n) is 1.74. The van der Waals surface area contributed by atoms with Crippen LogP contribution in [0.5, 0.6) is 0 Å². The first-order chi connectivity index (χ1) is 7.61. The second-order valence-electron chi connectivity index (χ2n) is 4.62. The van der Waals surface area contributed by atoms with E-state index in [1.165, 1.54) is 0 Å². The number of ether oxygens (including phenoxy) is 1. The monoisotopic (exact) mass is 259 g/mol. The maximum absolute atomic E-state index is 6.09. The molecule has 0 atom stereocenters. The van der Waals surface area contributed by atoms with Gasteiger partial charge in [0, 0.05) is 18.5 Å². The van der Waals surface area contributed by atoms with Crippen molar-refractivity contribution in [2.24, 2.45) is 5.41 Å². The zero-order valence-corrected chi connectivity index (χ0v) is 10.7. The van der Waals surface area contributed by atoms with Crippen LogP contribution in [0.3, 0.4) is 0 Å². The summed E-state index contributed by atoms with van der Waals surface area (Å²) in [7, 11) is 0. The number of hydrogen-bond acceptors (Lipinski definition) is 2. The minimum Gasteiger partial charge on any atom is -0.380 e. The first-order valence-corrected chi connectivity index (χ1v) is 6.08. The Balaban J connectivity index is 1.87. The summed E-state index contributed by atoms with van der Waals surface area (Å²) in [6.45, 7) is 5.57. The summed E-state index contributed by atoms with van der Waals surface area (Å²) < 4.78 is 5.20. The van der Waals surface area contributed by atoms with Gasteiger partial charge in [0.05, 0.1) is 23.3 Å². The molecular weight excluding hydrogens is 245 g/mol. The van der Waals surface area contributed by atoms with Crippen molar-refractivity contribution in [3.63, 3.8) is 0 Å². The van der Waals surface area contributed by atoms with Gasteiger partial charge in [0.1, 0.15) is 0 Å². The van der Waals surface area contributed by atoms with Gasteiger partial charge in [-0.15, -0.1) is 0 Å². The molecule has 1 aromatic rings. The molecule has 2 nitrogen and oxygen atoms in total. The SMILES string of the molecule is CC1(CNCc2cccc(Cl)c2Cl)COC1. The lowest BCUT2D eigenvalue weighted by Crippen LogP contribution is -2.47. The molecule has 1 aliphatic rings. The van der Waals surface area contributed by atoms with E-state index in [0.29, 0.717) is 10.0 Å². The Bertz CT molecular complexity index is 377. The summed E-state index contributed by atoms with van der Waals surface area (Å²) in [6.07, 6.45) is 0. The smallest absolute Gasteiger partial charge is 0.0637 e. The molecule has 1 aliphatic heterocycles. The van der Waals surface area contributed by atoms with E-state index in [1.807, 2.05) is 12.1 Å². The van der Waals surface area contributed by atoms with E-state index in [2.05, 4.69) is 12.2 Å². The highest BCUT2D eigenvalue weighted by atomic mass is 35.5. The normalized spacial score (nSPS) is 18.2. The van der Waals surface area contributed by atoms with Gasteiger partial charge in [-0.2, -0.15) is 0 Å². The van der Waals surface area contributed by atoms with E-state index < -0.39 is 0 Å². The maximum atomic E-state index is 6.09. The van der Waals surface area contributed by atoms with Crippen molar-refractivity contribution in [3.8, 4) is 0 Å². The Kier molecular flexibility index (Phi) is 3.75. The molecule has 0 aliphatic carbocycles. The van der Waals surface area contributed by atoms with Gasteiger partial charge in [0.15, 0.2) is 0 Å². The van der Waals surface area contributed by atoms with Crippen LogP contribution in [0.15, 0.2) is 18.2 Å². The molecule has 88 valence electrons. The summed E-state index contributed by atoms with van der Waals surface area (Å²) in [5.74, 6) is 0. The molecule has 0 aromatic heterocycles. The standard InChI is InChI=1S/C12H15Cl2NO/c1-12(7-16-8-12)6-15-5-9-3-2-4-10(13)11(9)14/h2-4,15H,5-8H2,1H3. The summed E-state index contributed by atoms with van der Waals surface area (Å²) in [4.78, 5) is 0. The van der Waals surface area contributed by atoms with Gasteiger partial charge >= 0.3 is 0 Å². The third-order valence-electron chi connectivity index (χ3n) is 2.80. The van der Waals surface area contributed by atoms with Crippen molar-refractivity contribution in [1.29, 1.82) is 0 Å². The van der Waals surface area contributed by atoms with Crippen LogP contribution in [0, 0.1) is 5.41 Å². The Hall–Kier alpha value is -0.280. The first-order valence-electron chi connectivity index (χ1n) is 5.32. The molecule has 1 aromatic carbocycles. The number of benzene rings is 1. The topological polar surface area (TPSA) is 21.3 Å². The van der Waals surface area contributed by atoms with Gasteiger partial charge in [-0.25, -0.2) is 0 Å². The number of rotatable bonds is 4. The van der Waals surface area contributed by atoms with E-state index in [0.717, 1.165) is 31.9 Å². The molecule has 16 heavy (non-hydrogen) atoms. The van der Waals surface area contributed by atoms with Crippen LogP contribution in [-0.2, 0) is 11.3 Å². The van der Waals surface area contributed by atoms with Crippen LogP contribution in [0.4, 0.5) is 0 Å². The van der Waals surface area contributed by atoms with Crippen LogP contribution in [0.2, 0.25) is 10.0 Å². The third kappa shape index (κ3) is 2.69. The van der Waals surface area contributed by atoms with Crippen LogP contribution in [-0.4, -0.2) is 19.8 Å². The zero-order valence-electron chi connectivity index (χ0n) is 9.22. The largest absolute Gasteiger partial charge is 0.380 e. The molecule has 0 amide bonds. The lowest BCUT2D eigenvalue weighted by molar-refractivity contribution is -0.0991. The van der Waals surface area contributed by atoms with Crippen molar-refractivity contribution < 1.29 is 4.74 Å². The summed E-state index contributed by atoms with van der Waals surface area (Å²) in [5.41, 5.74) is 1.32. The van der Waals surface area contributed by atoms with Crippen LogP contribution in [0.1, 0.15) is 12.5 Å². The molecule has 2 rings (SSSR count). The Morgan fingerprint density at radius 3 is 2.75 bits per heavy atom. The third-order valence-corrected chi connectivity index (χ3v) is 3.66. The second-order valence-corrected chi connectivity index (χ2v) is 5.41. The van der Waals surface area contributed by atoms with Gasteiger partial charge in [0.25, 0.3) is 0 Å². The molecule has 0 radical (unpaired) electrons. The van der Waals surface area contributed by atoms with E-state index in [1.54, 1.807) is 6.07 Å². The maximum Gasteiger partial charge on any atom is 0.0637 e. The Morgan fingerprint density at radius 2 is 2.12 bits per heavy atom. The number of nitrogens with one attached hydrogen (secondary N) is 1. The van der Waals surface area contributed by atoms with Gasteiger partial charge < -0.3 is 10.1 Å². The van der Waals surface area contributed by atoms with Crippen molar-refractivity contribution >= 4 is 23.2 Å². The van der Waals surface area contributed by atoms with Crippen molar-refractivity contribution in [2.45, 2.75) is 13.5 Å². The van der Waals surface area contributed by atoms with Crippen molar-refractivity contribution in [3.05, 3.63) is 33.8 Å². The molecule has 1 saturated heterocycles. The predicted molar refractivity (Wildman–Crippen MR) is 67.1 cm³/mol. The van der Waals surface area contributed by atoms with Gasteiger partial charge in [-0.3, -0.25) is 0 Å². The number of halogens is 2. The fraction of sp³-hybridized carbons (Fsp3) is 0.500. The highest BCUT2D eigenvalue weighted by Gasteiger charge is 2.32. The van der Waals surface area contributed by atoms with Crippen LogP contribution in [0.25, 0.3) is 0 Å². The van der Waals surface area contributed by atoms with Gasteiger partial charge in [0.2, 0.25) is 0 Å². The summed E-state index contributed by atoms with van der Waals surface area (Å²) in [6, 6.07) is 5.70. The molecule has 0 bridgehead atoms. The van der Waals surface area contributed by atoms with E-state index in [9.17, 15) is 0 Å². The average Bonchev–Trinajstić information content (AvgIpc) is 2.22. The van der Waals surface area contributed by atoms with Crippen molar-refractivity contribution in [2.75, 3.05) is 19.8 Å². The van der Waals surface area contributed by atoms with E-state index in [-0.39, 0.29) is 5.41 Å². The number of hydrogen-bond donors (Lipinski definition) is 1. The van der Waals surface area contributed by atoms with Crippen molar-refractivity contribution in [1.82, 2.24) is 5.32 Å². The van der Waals surface area contributed by atoms with Crippen LogP contribution >= 0.6 is 23.2 Å². The second kappa shape index (κ2) is 4.92. The van der Waals surface area contributed by atoms with Gasteiger partial charge in [-0.1, -0.05) is 42.3 Å². The molecule has 0 spiro atoms. The fourth-order valence-corrected chi connectivity index (χ4v) is 2.12. The zero-order chi connectivity index (χ0) is 11.6. The molecule has 0 saturated carbocycles. The highest BCUT2D eigenvalue weighted by Crippen LogP contribution is 2.27. The first kappa shape index (κ1) is 12.2. The average molecular weight is 260 g/mol.